The van der Waals surface area contributed by atoms with Crippen LogP contribution in [0.4, 0.5) is 5.69 Å². The maximum atomic E-state index is 12.7. The van der Waals surface area contributed by atoms with E-state index in [1.165, 1.54) is 24.1 Å². The zero-order valence-corrected chi connectivity index (χ0v) is 16.1. The first kappa shape index (κ1) is 17.4. The van der Waals surface area contributed by atoms with Crippen LogP contribution in [-0.4, -0.2) is 40.6 Å². The molecule has 0 amide bonds. The molecule has 1 aromatic heterocycles. The van der Waals surface area contributed by atoms with Crippen molar-refractivity contribution in [1.29, 1.82) is 0 Å². The number of anilines is 1. The first-order valence-corrected chi connectivity index (χ1v) is 10.3. The lowest BCUT2D eigenvalue weighted by Gasteiger charge is -2.36. The molecule has 0 unspecified atom stereocenters. The van der Waals surface area contributed by atoms with Crippen LogP contribution in [0, 0.1) is 5.92 Å². The van der Waals surface area contributed by atoms with E-state index in [-0.39, 0.29) is 5.56 Å². The third-order valence-corrected chi connectivity index (χ3v) is 5.95. The van der Waals surface area contributed by atoms with Crippen molar-refractivity contribution in [3.63, 3.8) is 0 Å². The van der Waals surface area contributed by atoms with Gasteiger partial charge in [-0.2, -0.15) is 0 Å². The minimum atomic E-state index is 0.0936. The van der Waals surface area contributed by atoms with Crippen molar-refractivity contribution in [3.05, 3.63) is 70.8 Å². The highest BCUT2D eigenvalue weighted by Gasteiger charge is 2.23. The van der Waals surface area contributed by atoms with Crippen LogP contribution in [0.5, 0.6) is 0 Å². The molecule has 2 aromatic carbocycles. The molecule has 1 saturated heterocycles. The molecule has 2 aliphatic rings. The Balaban J connectivity index is 1.28. The fourth-order valence-electron chi connectivity index (χ4n) is 4.06. The molecule has 5 nitrogen and oxygen atoms in total. The largest absolute Gasteiger partial charge is 0.369 e. The maximum Gasteiger partial charge on any atom is 0.261 e. The molecule has 1 aliphatic heterocycles. The van der Waals surface area contributed by atoms with Crippen molar-refractivity contribution in [2.75, 3.05) is 31.1 Å². The molecule has 2 fully saturated rings. The van der Waals surface area contributed by atoms with Crippen LogP contribution in [-0.2, 0) is 13.1 Å². The normalized spacial score (nSPS) is 17.9. The first-order chi connectivity index (χ1) is 13.8. The molecule has 144 valence electrons. The number of rotatable bonds is 5. The van der Waals surface area contributed by atoms with Crippen LogP contribution >= 0.6 is 0 Å². The van der Waals surface area contributed by atoms with E-state index in [1.54, 1.807) is 10.9 Å². The molecule has 5 heteroatoms. The van der Waals surface area contributed by atoms with E-state index in [1.807, 2.05) is 6.07 Å². The Hall–Kier alpha value is -2.66. The van der Waals surface area contributed by atoms with Crippen molar-refractivity contribution in [1.82, 2.24) is 14.5 Å². The smallest absolute Gasteiger partial charge is 0.261 e. The average Bonchev–Trinajstić information content (AvgIpc) is 3.55. The molecule has 28 heavy (non-hydrogen) atoms. The van der Waals surface area contributed by atoms with Crippen LogP contribution in [0.15, 0.2) is 59.7 Å². The van der Waals surface area contributed by atoms with Crippen molar-refractivity contribution in [2.24, 2.45) is 5.92 Å². The Kier molecular flexibility index (Phi) is 4.61. The number of hydrogen-bond donors (Lipinski definition) is 0. The molecule has 0 atom stereocenters. The van der Waals surface area contributed by atoms with E-state index in [2.05, 4.69) is 57.2 Å². The van der Waals surface area contributed by atoms with Crippen LogP contribution in [0.25, 0.3) is 10.9 Å². The summed E-state index contributed by atoms with van der Waals surface area (Å²) in [5.41, 5.74) is 3.43. The lowest BCUT2D eigenvalue weighted by Crippen LogP contribution is -2.46. The molecular formula is C23H26N4O. The average molecular weight is 374 g/mol. The van der Waals surface area contributed by atoms with Crippen LogP contribution in [0.3, 0.4) is 0 Å². The van der Waals surface area contributed by atoms with Gasteiger partial charge in [-0.25, -0.2) is 4.98 Å². The first-order valence-electron chi connectivity index (χ1n) is 10.3. The molecule has 2 heterocycles. The lowest BCUT2D eigenvalue weighted by molar-refractivity contribution is 0.250. The van der Waals surface area contributed by atoms with Gasteiger partial charge in [-0.1, -0.05) is 30.3 Å². The highest BCUT2D eigenvalue weighted by molar-refractivity contribution is 5.81. The van der Waals surface area contributed by atoms with Gasteiger partial charge >= 0.3 is 0 Å². The monoisotopic (exact) mass is 374 g/mol. The van der Waals surface area contributed by atoms with Gasteiger partial charge in [-0.3, -0.25) is 14.3 Å². The van der Waals surface area contributed by atoms with E-state index in [0.717, 1.165) is 50.2 Å². The van der Waals surface area contributed by atoms with E-state index >= 15 is 0 Å². The zero-order valence-electron chi connectivity index (χ0n) is 16.1. The van der Waals surface area contributed by atoms with Crippen LogP contribution in [0.1, 0.15) is 18.4 Å². The summed E-state index contributed by atoms with van der Waals surface area (Å²) in [6.07, 6.45) is 4.20. The Bertz CT molecular complexity index is 1020. The SMILES string of the molecule is O=c1c2ccc(N3CCN(Cc4ccccc4)CC3)cc2ncn1CC1CC1. The summed E-state index contributed by atoms with van der Waals surface area (Å²) in [6.45, 7) is 5.91. The van der Waals surface area contributed by atoms with Crippen molar-refractivity contribution >= 4 is 16.6 Å². The maximum absolute atomic E-state index is 12.7. The predicted octanol–water partition coefficient (Wildman–Crippen LogP) is 3.13. The van der Waals surface area contributed by atoms with Crippen molar-refractivity contribution < 1.29 is 0 Å². The standard InChI is InChI=1S/C23H26N4O/c28-23-21-9-8-20(14-22(21)24-17-27(23)16-19-6-7-19)26-12-10-25(11-13-26)15-18-4-2-1-3-5-18/h1-5,8-9,14,17,19H,6-7,10-13,15-16H2. The summed E-state index contributed by atoms with van der Waals surface area (Å²) in [6, 6.07) is 16.8. The number of nitrogens with zero attached hydrogens (tertiary/aromatic N) is 4. The third kappa shape index (κ3) is 3.67. The summed E-state index contributed by atoms with van der Waals surface area (Å²) in [4.78, 5) is 22.2. The molecule has 1 aliphatic carbocycles. The Morgan fingerprint density at radius 2 is 1.75 bits per heavy atom. The summed E-state index contributed by atoms with van der Waals surface area (Å²) < 4.78 is 1.78. The second kappa shape index (κ2) is 7.40. The molecule has 0 N–H and O–H groups in total. The quantitative estimate of drug-likeness (QED) is 0.688. The topological polar surface area (TPSA) is 41.4 Å². The van der Waals surface area contributed by atoms with Crippen molar-refractivity contribution in [3.8, 4) is 0 Å². The summed E-state index contributed by atoms with van der Waals surface area (Å²) in [7, 11) is 0. The highest BCUT2D eigenvalue weighted by atomic mass is 16.1. The minimum Gasteiger partial charge on any atom is -0.369 e. The van der Waals surface area contributed by atoms with Gasteiger partial charge in [-0.05, 0) is 42.5 Å². The van der Waals surface area contributed by atoms with Gasteiger partial charge in [-0.15, -0.1) is 0 Å². The van der Waals surface area contributed by atoms with E-state index in [4.69, 9.17) is 0 Å². The summed E-state index contributed by atoms with van der Waals surface area (Å²) in [5, 5.41) is 0.731. The lowest BCUT2D eigenvalue weighted by atomic mass is 10.1. The molecule has 3 aromatic rings. The number of piperazine rings is 1. The number of fused-ring (bicyclic) bond motifs is 1. The molecule has 0 radical (unpaired) electrons. The van der Waals surface area contributed by atoms with Crippen LogP contribution in [0.2, 0.25) is 0 Å². The number of hydrogen-bond acceptors (Lipinski definition) is 4. The zero-order chi connectivity index (χ0) is 18.9. The molecular weight excluding hydrogens is 348 g/mol. The summed E-state index contributed by atoms with van der Waals surface area (Å²) >= 11 is 0. The minimum absolute atomic E-state index is 0.0936. The van der Waals surface area contributed by atoms with Gasteiger partial charge < -0.3 is 4.90 Å². The second-order valence-electron chi connectivity index (χ2n) is 8.10. The van der Waals surface area contributed by atoms with Gasteiger partial charge in [0.2, 0.25) is 0 Å². The molecule has 1 saturated carbocycles. The van der Waals surface area contributed by atoms with Crippen LogP contribution < -0.4 is 10.5 Å². The van der Waals surface area contributed by atoms with Gasteiger partial charge in [0.15, 0.2) is 0 Å². The molecule has 0 bridgehead atoms. The fraction of sp³-hybridized carbons (Fsp3) is 0.391. The Morgan fingerprint density at radius 1 is 0.964 bits per heavy atom. The number of aromatic nitrogens is 2. The Morgan fingerprint density at radius 3 is 2.50 bits per heavy atom. The fourth-order valence-corrected chi connectivity index (χ4v) is 4.06. The van der Waals surface area contributed by atoms with Gasteiger partial charge in [0.25, 0.3) is 5.56 Å². The van der Waals surface area contributed by atoms with Gasteiger partial charge in [0.1, 0.15) is 0 Å². The summed E-state index contributed by atoms with van der Waals surface area (Å²) in [5.74, 6) is 0.670. The van der Waals surface area contributed by atoms with Gasteiger partial charge in [0, 0.05) is 45.0 Å². The van der Waals surface area contributed by atoms with E-state index < -0.39 is 0 Å². The Labute approximate surface area is 165 Å². The second-order valence-corrected chi connectivity index (χ2v) is 8.10. The van der Waals surface area contributed by atoms with Crippen molar-refractivity contribution in [2.45, 2.75) is 25.9 Å². The molecule has 5 rings (SSSR count). The van der Waals surface area contributed by atoms with E-state index in [0.29, 0.717) is 5.92 Å². The predicted molar refractivity (Wildman–Crippen MR) is 113 cm³/mol. The molecule has 0 spiro atoms. The van der Waals surface area contributed by atoms with Gasteiger partial charge in [0.05, 0.1) is 17.2 Å². The van der Waals surface area contributed by atoms with E-state index in [9.17, 15) is 4.79 Å². The third-order valence-electron chi connectivity index (χ3n) is 5.95. The number of benzene rings is 2. The highest BCUT2D eigenvalue weighted by Crippen LogP contribution is 2.30.